The van der Waals surface area contributed by atoms with Gasteiger partial charge in [-0.25, -0.2) is 4.39 Å². The quantitative estimate of drug-likeness (QED) is 0.0756. The predicted molar refractivity (Wildman–Crippen MR) is 180 cm³/mol. The topological polar surface area (TPSA) is 50.2 Å². The first-order chi connectivity index (χ1) is 20.4. The van der Waals surface area contributed by atoms with Gasteiger partial charge in [0, 0.05) is 43.2 Å². The molecule has 1 heterocycles. The zero-order chi connectivity index (χ0) is 31.9. The monoisotopic (exact) mass is 775 g/mol. The largest absolute Gasteiger partial charge is 0.512 e. The van der Waals surface area contributed by atoms with Gasteiger partial charge in [-0.15, -0.1) is 34.9 Å². The first-order valence-corrected chi connectivity index (χ1v) is 15.9. The molecule has 0 bridgehead atoms. The summed E-state index contributed by atoms with van der Waals surface area (Å²) in [5.74, 6) is 0.202. The normalized spacial score (nSPS) is 12.1. The third-order valence-electron chi connectivity index (χ3n) is 9.84. The molecule has 0 amide bonds. The molecule has 1 radical (unpaired) electrons. The average molecular weight is 775 g/mol. The van der Waals surface area contributed by atoms with Crippen molar-refractivity contribution in [2.75, 3.05) is 0 Å². The Balaban J connectivity index is 0.000000310. The number of halogens is 1. The van der Waals surface area contributed by atoms with Gasteiger partial charge in [0.2, 0.25) is 0 Å². The molecule has 4 aromatic rings. The number of hydrogen-bond donors (Lipinski definition) is 1. The smallest absolute Gasteiger partial charge is 0.165 e. The van der Waals surface area contributed by atoms with Gasteiger partial charge < -0.3 is 10.1 Å². The second-order valence-corrected chi connectivity index (χ2v) is 12.0. The van der Waals surface area contributed by atoms with Gasteiger partial charge in [-0.2, -0.15) is 0 Å². The number of aromatic nitrogens is 1. The molecular formula is C39H49FIrNO2-. The number of rotatable bonds is 10. The standard InChI is InChI=1S/C22H17FN.C17H32O2.Ir/c1-13-8-14(2)10-17(9-13)22-19-5-4-16-11-15(3)21(23)12-20(16)18(19)6-7-24-22;1-7-16(8-2,9-3)14(18)13-15(19)17(10-4,11-5)12-6;/h4-9,11-12H,1-3H3;13,18H,7-12H2,1-6H3;/q-1;;/b;14-13-;. The third kappa shape index (κ3) is 7.66. The minimum absolute atomic E-state index is 0. The maximum Gasteiger partial charge on any atom is 0.165 e. The minimum atomic E-state index is -0.297. The number of aryl methyl sites for hydroxylation is 3. The van der Waals surface area contributed by atoms with Gasteiger partial charge in [0.15, 0.2) is 5.78 Å². The van der Waals surface area contributed by atoms with Gasteiger partial charge in [-0.3, -0.25) is 4.79 Å². The Morgan fingerprint density at radius 3 is 1.95 bits per heavy atom. The van der Waals surface area contributed by atoms with Crippen molar-refractivity contribution in [1.29, 1.82) is 0 Å². The summed E-state index contributed by atoms with van der Waals surface area (Å²) >= 11 is 0. The Hall–Kier alpha value is -2.88. The van der Waals surface area contributed by atoms with E-state index in [1.165, 1.54) is 11.6 Å². The number of nitrogens with zero attached hydrogens (tertiary/aromatic N) is 1. The number of pyridine rings is 1. The second kappa shape index (κ2) is 15.9. The fourth-order valence-corrected chi connectivity index (χ4v) is 6.36. The molecule has 44 heavy (non-hydrogen) atoms. The predicted octanol–water partition coefficient (Wildman–Crippen LogP) is 11.3. The molecule has 0 saturated heterocycles. The summed E-state index contributed by atoms with van der Waals surface area (Å²) in [6, 6.07) is 17.2. The van der Waals surface area contributed by atoms with Crippen LogP contribution in [0.25, 0.3) is 32.8 Å². The fourth-order valence-electron chi connectivity index (χ4n) is 6.36. The van der Waals surface area contributed by atoms with Crippen LogP contribution < -0.4 is 0 Å². The molecule has 0 saturated carbocycles. The molecule has 0 atom stereocenters. The van der Waals surface area contributed by atoms with Crippen LogP contribution in [0, 0.1) is 43.5 Å². The van der Waals surface area contributed by atoms with Gasteiger partial charge in [0.05, 0.1) is 0 Å². The number of benzene rings is 3. The van der Waals surface area contributed by atoms with E-state index in [1.807, 2.05) is 25.1 Å². The molecule has 5 heteroatoms. The van der Waals surface area contributed by atoms with Crippen LogP contribution >= 0.6 is 0 Å². The second-order valence-electron chi connectivity index (χ2n) is 12.0. The summed E-state index contributed by atoms with van der Waals surface area (Å²) in [6.07, 6.45) is 8.42. The van der Waals surface area contributed by atoms with Crippen LogP contribution in [0.1, 0.15) is 96.8 Å². The van der Waals surface area contributed by atoms with Crippen LogP contribution in [-0.2, 0) is 24.9 Å². The average Bonchev–Trinajstić information content (AvgIpc) is 2.99. The van der Waals surface area contributed by atoms with E-state index >= 15 is 0 Å². The van der Waals surface area contributed by atoms with E-state index in [-0.39, 0.29) is 48.3 Å². The molecule has 0 fully saturated rings. The van der Waals surface area contributed by atoms with Crippen molar-refractivity contribution in [3.8, 4) is 11.3 Å². The number of ketones is 1. The van der Waals surface area contributed by atoms with Crippen LogP contribution in [0.15, 0.2) is 60.5 Å². The molecule has 3 aromatic carbocycles. The van der Waals surface area contributed by atoms with E-state index < -0.39 is 0 Å². The van der Waals surface area contributed by atoms with E-state index in [1.54, 1.807) is 19.2 Å². The molecule has 0 aliphatic carbocycles. The number of aliphatic hydroxyl groups is 1. The number of allylic oxidation sites excluding steroid dienone is 2. The first-order valence-electron chi connectivity index (χ1n) is 15.9. The minimum Gasteiger partial charge on any atom is -0.512 e. The van der Waals surface area contributed by atoms with Gasteiger partial charge in [0.25, 0.3) is 0 Å². The van der Waals surface area contributed by atoms with Crippen LogP contribution in [0.3, 0.4) is 0 Å². The molecule has 4 rings (SSSR count). The summed E-state index contributed by atoms with van der Waals surface area (Å²) in [7, 11) is 0. The molecule has 239 valence electrons. The Morgan fingerprint density at radius 2 is 1.41 bits per heavy atom. The molecule has 0 spiro atoms. The van der Waals surface area contributed by atoms with Gasteiger partial charge in [-0.1, -0.05) is 67.5 Å². The Bertz CT molecular complexity index is 1580. The Kier molecular flexibility index (Phi) is 13.5. The van der Waals surface area contributed by atoms with Crippen molar-refractivity contribution < 1.29 is 34.4 Å². The first kappa shape index (κ1) is 37.3. The van der Waals surface area contributed by atoms with Crippen molar-refractivity contribution in [3.63, 3.8) is 0 Å². The number of hydrogen-bond acceptors (Lipinski definition) is 3. The fraction of sp³-hybridized carbons (Fsp3) is 0.436. The molecular weight excluding hydrogens is 726 g/mol. The third-order valence-corrected chi connectivity index (χ3v) is 9.84. The SMILES string of the molecule is CCC(CC)(CC)C(=O)/C=C(\O)C(CC)(CC)CC.Cc1[c-]c(-c2nccc3c2ccc2cc(C)c(F)cc23)cc(C)c1.[Ir]. The van der Waals surface area contributed by atoms with Gasteiger partial charge >= 0.3 is 0 Å². The van der Waals surface area contributed by atoms with Crippen LogP contribution in [0.4, 0.5) is 4.39 Å². The zero-order valence-corrected chi connectivity index (χ0v) is 30.3. The van der Waals surface area contributed by atoms with E-state index in [0.717, 1.165) is 76.9 Å². The molecule has 1 aromatic heterocycles. The maximum atomic E-state index is 14.1. The van der Waals surface area contributed by atoms with Gasteiger partial charge in [0.1, 0.15) is 11.6 Å². The number of carbonyl (C=O) groups excluding carboxylic acids is 1. The summed E-state index contributed by atoms with van der Waals surface area (Å²) in [5, 5.41) is 14.4. The van der Waals surface area contributed by atoms with Crippen molar-refractivity contribution in [1.82, 2.24) is 4.98 Å². The molecule has 0 unspecified atom stereocenters. The van der Waals surface area contributed by atoms with Crippen molar-refractivity contribution in [3.05, 3.63) is 89.1 Å². The molecule has 3 nitrogen and oxygen atoms in total. The van der Waals surface area contributed by atoms with Crippen molar-refractivity contribution in [2.24, 2.45) is 10.8 Å². The van der Waals surface area contributed by atoms with Crippen molar-refractivity contribution >= 4 is 27.3 Å². The number of aliphatic hydroxyl groups excluding tert-OH is 1. The van der Waals surface area contributed by atoms with E-state index in [0.29, 0.717) is 5.56 Å². The van der Waals surface area contributed by atoms with Crippen LogP contribution in [0.5, 0.6) is 0 Å². The molecule has 0 aliphatic rings. The van der Waals surface area contributed by atoms with E-state index in [4.69, 9.17) is 0 Å². The van der Waals surface area contributed by atoms with Gasteiger partial charge in [-0.05, 0) is 96.5 Å². The molecule has 1 N–H and O–H groups in total. The summed E-state index contributed by atoms with van der Waals surface area (Å²) in [6.45, 7) is 18.3. The summed E-state index contributed by atoms with van der Waals surface area (Å²) in [5.41, 5.74) is 4.28. The van der Waals surface area contributed by atoms with Crippen LogP contribution in [0.2, 0.25) is 0 Å². The summed E-state index contributed by atoms with van der Waals surface area (Å²) < 4.78 is 14.1. The molecule has 0 aliphatic heterocycles. The summed E-state index contributed by atoms with van der Waals surface area (Å²) in [4.78, 5) is 17.1. The van der Waals surface area contributed by atoms with Crippen molar-refractivity contribution in [2.45, 2.75) is 101 Å². The zero-order valence-electron chi connectivity index (χ0n) is 28.0. The van der Waals surface area contributed by atoms with E-state index in [9.17, 15) is 14.3 Å². The Labute approximate surface area is 277 Å². The number of fused-ring (bicyclic) bond motifs is 3. The van der Waals surface area contributed by atoms with E-state index in [2.05, 4.69) is 77.7 Å². The maximum absolute atomic E-state index is 14.1. The van der Waals surface area contributed by atoms with Crippen LogP contribution in [-0.4, -0.2) is 15.9 Å². The Morgan fingerprint density at radius 1 is 0.818 bits per heavy atom. The number of carbonyl (C=O) groups is 1.